The Morgan fingerprint density at radius 3 is 2.33 bits per heavy atom. The first-order valence-electron chi connectivity index (χ1n) is 34.0. The predicted molar refractivity (Wildman–Crippen MR) is 361 cm³/mol. The van der Waals surface area contributed by atoms with Crippen molar-refractivity contribution >= 4 is 77.6 Å². The number of hydrogen-bond donors (Lipinski definition) is 2. The molecule has 1 saturated carbocycles. The number of piperidine rings is 1. The lowest BCUT2D eigenvalue weighted by atomic mass is 9.85. The van der Waals surface area contributed by atoms with E-state index in [1.165, 1.54) is 30.3 Å². The zero-order valence-corrected chi connectivity index (χ0v) is 58.0. The number of aliphatic hydroxyl groups is 1. The average molecular weight is 1390 g/mol. The third kappa shape index (κ3) is 13.2. The van der Waals surface area contributed by atoms with E-state index in [0.29, 0.717) is 95.8 Å². The van der Waals surface area contributed by atoms with E-state index in [4.69, 9.17) is 29.2 Å². The number of rotatable bonds is 17. The van der Waals surface area contributed by atoms with Crippen molar-refractivity contribution in [3.05, 3.63) is 88.6 Å². The number of aliphatic hydroxyl groups excluding tert-OH is 1. The molecular weight excluding hydrogens is 1310 g/mol. The summed E-state index contributed by atoms with van der Waals surface area (Å²) in [5.41, 5.74) is 2.08. The third-order valence-corrected chi connectivity index (χ3v) is 22.6. The molecule has 28 heteroatoms. The quantitative estimate of drug-likeness (QED) is 0.0809. The molecule has 5 aliphatic heterocycles. The monoisotopic (exact) mass is 1390 g/mol. The number of carbonyl (C=O) groups excluding carboxylic acids is 3. The second-order valence-corrected chi connectivity index (χ2v) is 31.7. The van der Waals surface area contributed by atoms with Gasteiger partial charge >= 0.3 is 18.3 Å². The molecule has 8 aromatic rings. The van der Waals surface area contributed by atoms with Crippen molar-refractivity contribution in [2.75, 3.05) is 57.4 Å². The number of hydrogen-bond acceptors (Lipinski definition) is 18. The molecule has 3 amide bonds. The van der Waals surface area contributed by atoms with Gasteiger partial charge in [-0.1, -0.05) is 50.3 Å². The molecular formula is C70H83F5N14O7S2. The Kier molecular flexibility index (Phi) is 17.9. The number of ether oxygens (including phenoxy) is 3. The highest BCUT2D eigenvalue weighted by molar-refractivity contribution is 7.26. The fourth-order valence-electron chi connectivity index (χ4n) is 15.5. The van der Waals surface area contributed by atoms with Crippen molar-refractivity contribution in [3.8, 4) is 27.7 Å². The number of carbonyl (C=O) groups is 3. The van der Waals surface area contributed by atoms with Gasteiger partial charge < -0.3 is 39.3 Å². The second-order valence-electron chi connectivity index (χ2n) is 29.9. The fraction of sp³-hybridized carbons (Fsp3) is 0.571. The van der Waals surface area contributed by atoms with E-state index in [0.717, 1.165) is 65.1 Å². The second kappa shape index (κ2) is 25.9. The van der Waals surface area contributed by atoms with Gasteiger partial charge in [0.1, 0.15) is 34.9 Å². The van der Waals surface area contributed by atoms with E-state index >= 15 is 22.0 Å². The number of nitrogens with one attached hydrogen (secondary N) is 1. The maximum atomic E-state index is 16.0. The molecule has 14 rings (SSSR count). The van der Waals surface area contributed by atoms with Crippen LogP contribution in [0.25, 0.3) is 52.9 Å². The van der Waals surface area contributed by atoms with Crippen molar-refractivity contribution in [3.63, 3.8) is 0 Å². The Balaban J connectivity index is 0.664. The zero-order chi connectivity index (χ0) is 69.0. The lowest BCUT2D eigenvalue weighted by Crippen LogP contribution is -2.57. The summed E-state index contributed by atoms with van der Waals surface area (Å²) in [5.74, 6) is -3.06. The first-order chi connectivity index (χ1) is 46.6. The van der Waals surface area contributed by atoms with Crippen LogP contribution in [0.1, 0.15) is 146 Å². The predicted octanol–water partition coefficient (Wildman–Crippen LogP) is 12.5. The van der Waals surface area contributed by atoms with Gasteiger partial charge in [-0.25, -0.2) is 27.9 Å². The van der Waals surface area contributed by atoms with Crippen molar-refractivity contribution in [2.24, 2.45) is 16.7 Å². The molecule has 21 nitrogen and oxygen atoms in total. The van der Waals surface area contributed by atoms with E-state index in [-0.39, 0.29) is 84.1 Å². The number of thiazole rings is 1. The summed E-state index contributed by atoms with van der Waals surface area (Å²) in [6.45, 7) is 16.9. The van der Waals surface area contributed by atoms with Crippen LogP contribution in [0.3, 0.4) is 0 Å². The van der Waals surface area contributed by atoms with Crippen molar-refractivity contribution < 1.29 is 55.7 Å². The smallest absolute Gasteiger partial charge is 0.417 e. The molecule has 6 fully saturated rings. The van der Waals surface area contributed by atoms with Crippen molar-refractivity contribution in [1.82, 2.24) is 64.7 Å². The number of halogens is 5. The molecule has 522 valence electrons. The van der Waals surface area contributed by atoms with Gasteiger partial charge in [0.25, 0.3) is 5.92 Å². The number of pyridine rings is 1. The van der Waals surface area contributed by atoms with Gasteiger partial charge in [-0.05, 0) is 146 Å². The molecule has 2 bridgehead atoms. The van der Waals surface area contributed by atoms with Crippen LogP contribution < -0.4 is 15.0 Å². The first-order valence-corrected chi connectivity index (χ1v) is 35.7. The highest BCUT2D eigenvalue weighted by atomic mass is 32.1. The Hall–Kier alpha value is -7.53. The van der Waals surface area contributed by atoms with Crippen LogP contribution in [0, 0.1) is 30.6 Å². The minimum Gasteiger partial charge on any atom is -0.462 e. The van der Waals surface area contributed by atoms with E-state index in [9.17, 15) is 19.5 Å². The minimum atomic E-state index is -4.78. The summed E-state index contributed by atoms with van der Waals surface area (Å²) in [7, 11) is 0. The van der Waals surface area contributed by atoms with Gasteiger partial charge in [0.2, 0.25) is 11.8 Å². The molecule has 0 radical (unpaired) electrons. The number of β-amino-alcohol motifs (C(OH)–C–C–N with tert-alkyl or cyclic N) is 1. The van der Waals surface area contributed by atoms with E-state index in [2.05, 4.69) is 35.5 Å². The highest BCUT2D eigenvalue weighted by Gasteiger charge is 2.72. The molecule has 1 aliphatic carbocycles. The molecule has 0 spiro atoms. The summed E-state index contributed by atoms with van der Waals surface area (Å²) in [4.78, 5) is 70.0. The van der Waals surface area contributed by atoms with Gasteiger partial charge in [-0.3, -0.25) is 19.5 Å². The number of piperazine rings is 1. The fourth-order valence-corrected chi connectivity index (χ4v) is 17.5. The van der Waals surface area contributed by atoms with Gasteiger partial charge in [0, 0.05) is 80.9 Å². The van der Waals surface area contributed by atoms with Crippen molar-refractivity contribution in [2.45, 2.75) is 187 Å². The number of likely N-dealkylation sites (tertiary alicyclic amines) is 2. The van der Waals surface area contributed by atoms with Gasteiger partial charge in [0.05, 0.1) is 78.4 Å². The van der Waals surface area contributed by atoms with E-state index in [1.807, 2.05) is 78.2 Å². The molecule has 2 aromatic carbocycles. The third-order valence-electron chi connectivity index (χ3n) is 20.5. The minimum absolute atomic E-state index is 0.000163. The van der Waals surface area contributed by atoms with Crippen LogP contribution in [0.2, 0.25) is 0 Å². The molecule has 3 unspecified atom stereocenters. The van der Waals surface area contributed by atoms with Crippen LogP contribution in [-0.2, 0) is 38.2 Å². The Bertz CT molecular complexity index is 4310. The number of alkyl halides is 5. The summed E-state index contributed by atoms with van der Waals surface area (Å²) in [6.07, 6.45) is 4.56. The molecule has 2 N–H and O–H groups in total. The standard InChI is InChI=1S/C70H83F5N14O7S2/c1-39-27-50-49(30-79-89(50)52-11-9-10-26-94-52)53(55(39)70(73,74)75)56-58-48(20-23-76-56)54-60(85-32-45-18-19-46(33-85)88(45)65(93)96-67(6,7)8)80-64(81-62(54)98-58)95-37-68(35-69(68,71)72)36-84-24-21-41(22-25-84)14-17-44-31-87(83-82-44)59(66(3,4)5)63(92)86-34-47(90)28-51(86)61(91)77-29-42-12-15-43(16-13-42)57-40(2)78-38-97-57/h12-13,15-16,20,23,27,30-31,38,41,45-47,51-52,59,90H,9-11,14,17-19,21-22,24-26,28-29,32-37H2,1-8H3,(H,77,91)/t45?,46?,47-,51+,52?,59-,68-/m1/s1. The lowest BCUT2D eigenvalue weighted by Gasteiger charge is -2.42. The van der Waals surface area contributed by atoms with Crippen LogP contribution in [0.4, 0.5) is 32.6 Å². The normalized spacial score (nSPS) is 23.5. The summed E-state index contributed by atoms with van der Waals surface area (Å²) in [6, 6.07) is 8.79. The molecule has 5 saturated heterocycles. The Labute approximate surface area is 572 Å². The number of aryl methyl sites for hydroxylation is 3. The SMILES string of the molecule is Cc1cc2c(cnn2C2CCCCO2)c(-c2nccc3c2sc2nc(OC[C@]4(CN5CCC(CCc6cn([C@H](C(=O)N7C[C@H](O)C[C@H]7C(=O)NCc7ccc(-c8scnc8C)cc7)C(C)(C)C)nn6)CC5)CC4(F)F)nc(N4CC5CCC(C4)N5C(=O)OC(C)(C)C)c23)c1C(F)(F)F. The maximum Gasteiger partial charge on any atom is 0.417 e. The van der Waals surface area contributed by atoms with Crippen molar-refractivity contribution in [1.29, 1.82) is 0 Å². The topological polar surface area (TPSA) is 224 Å². The first kappa shape index (κ1) is 67.6. The average Bonchev–Trinajstić information content (AvgIpc) is 1.54. The molecule has 7 atom stereocenters. The van der Waals surface area contributed by atoms with Crippen LogP contribution in [0.15, 0.2) is 60.5 Å². The number of benzene rings is 2. The van der Waals surface area contributed by atoms with Crippen LogP contribution in [-0.4, -0.2) is 171 Å². The number of nitrogens with zero attached hydrogens (tertiary/aromatic N) is 13. The summed E-state index contributed by atoms with van der Waals surface area (Å²) in [5, 5.41) is 28.8. The Morgan fingerprint density at radius 1 is 0.918 bits per heavy atom. The summed E-state index contributed by atoms with van der Waals surface area (Å²) < 4.78 is 101. The Morgan fingerprint density at radius 2 is 1.66 bits per heavy atom. The number of fused-ring (bicyclic) bond motifs is 6. The number of amides is 3. The van der Waals surface area contributed by atoms with Gasteiger partial charge in [-0.15, -0.1) is 27.8 Å². The van der Waals surface area contributed by atoms with Gasteiger partial charge in [0.15, 0.2) is 6.23 Å². The molecule has 98 heavy (non-hydrogen) atoms. The molecule has 11 heterocycles. The maximum absolute atomic E-state index is 16.0. The van der Waals surface area contributed by atoms with E-state index in [1.54, 1.807) is 37.9 Å². The summed E-state index contributed by atoms with van der Waals surface area (Å²) >= 11 is 2.71. The van der Waals surface area contributed by atoms with Gasteiger partial charge in [-0.2, -0.15) is 28.2 Å². The zero-order valence-electron chi connectivity index (χ0n) is 56.4. The van der Waals surface area contributed by atoms with Crippen LogP contribution in [0.5, 0.6) is 6.01 Å². The largest absolute Gasteiger partial charge is 0.462 e. The highest BCUT2D eigenvalue weighted by Crippen LogP contribution is 2.61. The van der Waals surface area contributed by atoms with E-state index < -0.39 is 77.6 Å². The lowest BCUT2D eigenvalue weighted by molar-refractivity contribution is -0.144. The number of thiophene rings is 1. The number of aromatic nitrogens is 9. The van der Waals surface area contributed by atoms with Crippen LogP contribution >= 0.6 is 22.7 Å². The number of anilines is 1. The molecule has 6 aliphatic rings. The molecule has 6 aromatic heterocycles.